The molecule has 106 valence electrons. The molecule has 1 atom stereocenters. The Morgan fingerprint density at radius 2 is 2.37 bits per heavy atom. The summed E-state index contributed by atoms with van der Waals surface area (Å²) in [5, 5.41) is 6.56. The second-order valence-corrected chi connectivity index (χ2v) is 7.26. The summed E-state index contributed by atoms with van der Waals surface area (Å²) in [5.74, 6) is 0.204. The fourth-order valence-electron chi connectivity index (χ4n) is 2.15. The number of sulfonamides is 1. The quantitative estimate of drug-likeness (QED) is 0.877. The highest BCUT2D eigenvalue weighted by atomic mass is 32.2. The Labute approximate surface area is 116 Å². The van der Waals surface area contributed by atoms with Crippen molar-refractivity contribution in [2.24, 2.45) is 11.1 Å². The molecular weight excluding hydrogens is 288 g/mol. The van der Waals surface area contributed by atoms with E-state index in [1.807, 2.05) is 0 Å². The van der Waals surface area contributed by atoms with Gasteiger partial charge in [-0.05, 0) is 12.5 Å². The molecule has 19 heavy (non-hydrogen) atoms. The number of ether oxygens (including phenoxy) is 1. The molecule has 1 aliphatic rings. The number of rotatable bonds is 4. The Hall–Kier alpha value is -0.960. The van der Waals surface area contributed by atoms with Crippen LogP contribution in [0.5, 0.6) is 0 Å². The zero-order valence-electron chi connectivity index (χ0n) is 10.5. The van der Waals surface area contributed by atoms with Crippen molar-refractivity contribution >= 4 is 27.3 Å². The van der Waals surface area contributed by atoms with Crippen LogP contribution >= 0.6 is 11.3 Å². The van der Waals surface area contributed by atoms with Gasteiger partial charge < -0.3 is 9.64 Å². The summed E-state index contributed by atoms with van der Waals surface area (Å²) in [7, 11) is -2.09. The van der Waals surface area contributed by atoms with Crippen LogP contribution in [0.3, 0.4) is 0 Å². The molecule has 1 aromatic heterocycles. The van der Waals surface area contributed by atoms with Gasteiger partial charge in [-0.15, -0.1) is 11.3 Å². The van der Waals surface area contributed by atoms with E-state index < -0.39 is 10.0 Å². The maximum Gasteiger partial charge on any atom is 0.254 e. The topological polar surface area (TPSA) is 89.7 Å². The molecule has 1 saturated heterocycles. The van der Waals surface area contributed by atoms with Crippen LogP contribution in [0.2, 0.25) is 0 Å². The summed E-state index contributed by atoms with van der Waals surface area (Å²) < 4.78 is 27.4. The Morgan fingerprint density at radius 1 is 1.63 bits per heavy atom. The molecule has 1 aliphatic heterocycles. The first-order valence-corrected chi connectivity index (χ1v) is 8.24. The maximum atomic E-state index is 12.2. The van der Waals surface area contributed by atoms with E-state index in [1.165, 1.54) is 11.4 Å². The lowest BCUT2D eigenvalue weighted by Gasteiger charge is -2.15. The van der Waals surface area contributed by atoms with E-state index in [2.05, 4.69) is 0 Å². The zero-order valence-corrected chi connectivity index (χ0v) is 12.2. The van der Waals surface area contributed by atoms with Crippen molar-refractivity contribution in [1.29, 1.82) is 0 Å². The number of likely N-dealkylation sites (tertiary alicyclic amines) is 1. The van der Waals surface area contributed by atoms with E-state index in [4.69, 9.17) is 9.88 Å². The summed E-state index contributed by atoms with van der Waals surface area (Å²) >= 11 is 0.970. The first kappa shape index (κ1) is 14.4. The molecule has 2 heterocycles. The highest BCUT2D eigenvalue weighted by molar-refractivity contribution is 7.91. The lowest BCUT2D eigenvalue weighted by atomic mass is 10.1. The molecule has 1 unspecified atom stereocenters. The fraction of sp³-hybridized carbons (Fsp3) is 0.545. The number of amides is 1. The van der Waals surface area contributed by atoms with Gasteiger partial charge in [0.25, 0.3) is 5.91 Å². The third-order valence-electron chi connectivity index (χ3n) is 3.08. The van der Waals surface area contributed by atoms with E-state index in [-0.39, 0.29) is 10.1 Å². The third-order valence-corrected chi connectivity index (χ3v) is 5.46. The molecule has 0 spiro atoms. The highest BCUT2D eigenvalue weighted by Crippen LogP contribution is 2.23. The zero-order chi connectivity index (χ0) is 14.0. The van der Waals surface area contributed by atoms with E-state index in [9.17, 15) is 13.2 Å². The number of carbonyl (C=O) groups excluding carboxylic acids is 1. The number of hydrogen-bond donors (Lipinski definition) is 1. The van der Waals surface area contributed by atoms with Crippen molar-refractivity contribution in [3.8, 4) is 0 Å². The molecule has 6 nitrogen and oxygen atoms in total. The molecule has 0 radical (unpaired) electrons. The van der Waals surface area contributed by atoms with E-state index in [0.717, 1.165) is 17.8 Å². The number of methoxy groups -OCH3 is 1. The van der Waals surface area contributed by atoms with E-state index >= 15 is 0 Å². The van der Waals surface area contributed by atoms with Gasteiger partial charge in [-0.1, -0.05) is 0 Å². The van der Waals surface area contributed by atoms with Crippen LogP contribution in [0.15, 0.2) is 15.7 Å². The van der Waals surface area contributed by atoms with Gasteiger partial charge in [0.2, 0.25) is 10.0 Å². The summed E-state index contributed by atoms with van der Waals surface area (Å²) in [4.78, 5) is 13.9. The summed E-state index contributed by atoms with van der Waals surface area (Å²) in [6.07, 6.45) is 0.908. The van der Waals surface area contributed by atoms with E-state index in [0.29, 0.717) is 31.2 Å². The van der Waals surface area contributed by atoms with E-state index in [1.54, 1.807) is 12.0 Å². The molecule has 2 rings (SSSR count). The van der Waals surface area contributed by atoms with Gasteiger partial charge in [0, 0.05) is 31.5 Å². The Bertz CT molecular complexity index is 567. The number of hydrogen-bond acceptors (Lipinski definition) is 5. The van der Waals surface area contributed by atoms with Crippen molar-refractivity contribution in [2.75, 3.05) is 26.8 Å². The number of nitrogens with zero attached hydrogens (tertiary/aromatic N) is 1. The molecule has 0 bridgehead atoms. The highest BCUT2D eigenvalue weighted by Gasteiger charge is 2.28. The maximum absolute atomic E-state index is 12.2. The summed E-state index contributed by atoms with van der Waals surface area (Å²) in [6.45, 7) is 1.95. The van der Waals surface area contributed by atoms with Gasteiger partial charge >= 0.3 is 0 Å². The summed E-state index contributed by atoms with van der Waals surface area (Å²) in [6, 6.07) is 1.34. The Kier molecular flexibility index (Phi) is 4.24. The first-order chi connectivity index (χ1) is 8.91. The number of carbonyl (C=O) groups is 1. The minimum atomic E-state index is -3.73. The first-order valence-electron chi connectivity index (χ1n) is 5.81. The van der Waals surface area contributed by atoms with Gasteiger partial charge in [-0.25, -0.2) is 13.6 Å². The predicted molar refractivity (Wildman–Crippen MR) is 71.6 cm³/mol. The number of nitrogens with two attached hydrogens (primary N) is 1. The largest absolute Gasteiger partial charge is 0.384 e. The molecule has 0 aromatic carbocycles. The standard InChI is InChI=1S/C11H16N2O4S2/c1-17-6-8-2-3-13(5-8)11(14)9-4-10(18-7-9)19(12,15)16/h4,7-8H,2-3,5-6H2,1H3,(H2,12,15,16). The molecular formula is C11H16N2O4S2. The number of thiophene rings is 1. The van der Waals surface area contributed by atoms with Crippen LogP contribution in [0, 0.1) is 5.92 Å². The van der Waals surface area contributed by atoms with Crippen LogP contribution in [0.25, 0.3) is 0 Å². The van der Waals surface area contributed by atoms with Gasteiger partial charge in [0.1, 0.15) is 4.21 Å². The van der Waals surface area contributed by atoms with Crippen molar-refractivity contribution in [2.45, 2.75) is 10.6 Å². The van der Waals surface area contributed by atoms with Crippen molar-refractivity contribution < 1.29 is 17.9 Å². The van der Waals surface area contributed by atoms with Crippen LogP contribution in [0.4, 0.5) is 0 Å². The SMILES string of the molecule is COCC1CCN(C(=O)c2csc(S(N)(=O)=O)c2)C1. The minimum absolute atomic E-state index is 0.0171. The second-order valence-electron chi connectivity index (χ2n) is 4.56. The molecule has 1 amide bonds. The normalized spacial score (nSPS) is 19.9. The predicted octanol–water partition coefficient (Wildman–Crippen LogP) is 0.504. The average Bonchev–Trinajstić information content (AvgIpc) is 2.96. The number of primary sulfonamides is 1. The third kappa shape index (κ3) is 3.33. The van der Waals surface area contributed by atoms with Crippen LogP contribution in [0.1, 0.15) is 16.8 Å². The van der Waals surface area contributed by atoms with Crippen LogP contribution in [-0.4, -0.2) is 46.0 Å². The minimum Gasteiger partial charge on any atom is -0.384 e. The molecule has 2 N–H and O–H groups in total. The van der Waals surface area contributed by atoms with Crippen molar-refractivity contribution in [3.63, 3.8) is 0 Å². The van der Waals surface area contributed by atoms with Crippen molar-refractivity contribution in [1.82, 2.24) is 4.90 Å². The van der Waals surface area contributed by atoms with Gasteiger partial charge in [0.15, 0.2) is 0 Å². The lowest BCUT2D eigenvalue weighted by Crippen LogP contribution is -2.28. The summed E-state index contributed by atoms with van der Waals surface area (Å²) in [5.41, 5.74) is 0.382. The average molecular weight is 304 g/mol. The van der Waals surface area contributed by atoms with Crippen LogP contribution < -0.4 is 5.14 Å². The van der Waals surface area contributed by atoms with Crippen LogP contribution in [-0.2, 0) is 14.8 Å². The molecule has 8 heteroatoms. The smallest absolute Gasteiger partial charge is 0.254 e. The monoisotopic (exact) mass is 304 g/mol. The van der Waals surface area contributed by atoms with Gasteiger partial charge in [-0.3, -0.25) is 4.79 Å². The van der Waals surface area contributed by atoms with Gasteiger partial charge in [0.05, 0.1) is 12.2 Å². The second kappa shape index (κ2) is 5.58. The Balaban J connectivity index is 2.07. The van der Waals surface area contributed by atoms with Crippen molar-refractivity contribution in [3.05, 3.63) is 17.0 Å². The molecule has 1 aromatic rings. The Morgan fingerprint density at radius 3 is 2.95 bits per heavy atom. The lowest BCUT2D eigenvalue weighted by molar-refractivity contribution is 0.0776. The molecule has 1 fully saturated rings. The molecule has 0 aliphatic carbocycles. The fourth-order valence-corrected chi connectivity index (χ4v) is 3.73. The van der Waals surface area contributed by atoms with Gasteiger partial charge in [-0.2, -0.15) is 0 Å². The molecule has 0 saturated carbocycles.